The molecule has 1 aromatic rings. The molecule has 2 amide bonds. The number of amides is 2. The minimum absolute atomic E-state index is 0.0499. The number of ether oxygens (including phenoxy) is 3. The van der Waals surface area contributed by atoms with Crippen LogP contribution in [0.5, 0.6) is 0 Å². The van der Waals surface area contributed by atoms with Crippen LogP contribution in [0.4, 0.5) is 4.79 Å². The van der Waals surface area contributed by atoms with Gasteiger partial charge in [-0.2, -0.15) is 0 Å². The van der Waals surface area contributed by atoms with Gasteiger partial charge in [0.2, 0.25) is 5.91 Å². The van der Waals surface area contributed by atoms with Crippen LogP contribution in [0.15, 0.2) is 54.3 Å². The molecule has 0 unspecified atom stereocenters. The van der Waals surface area contributed by atoms with E-state index in [1.54, 1.807) is 26.0 Å². The second-order valence-electron chi connectivity index (χ2n) is 7.46. The molecular formula is C23H27NO7. The smallest absolute Gasteiger partial charge is 0.417 e. The van der Waals surface area contributed by atoms with Crippen molar-refractivity contribution < 1.29 is 33.7 Å². The Morgan fingerprint density at radius 1 is 1.19 bits per heavy atom. The Labute approximate surface area is 181 Å². The molecule has 8 heteroatoms. The molecule has 1 N–H and O–H groups in total. The lowest BCUT2D eigenvalue weighted by Crippen LogP contribution is -2.47. The van der Waals surface area contributed by atoms with E-state index in [1.807, 2.05) is 30.3 Å². The van der Waals surface area contributed by atoms with Crippen LogP contribution >= 0.6 is 0 Å². The molecular weight excluding hydrogens is 402 g/mol. The molecule has 3 rings (SSSR count). The van der Waals surface area contributed by atoms with E-state index in [0.29, 0.717) is 18.8 Å². The molecule has 31 heavy (non-hydrogen) atoms. The summed E-state index contributed by atoms with van der Waals surface area (Å²) in [6.45, 7) is 3.91. The van der Waals surface area contributed by atoms with Gasteiger partial charge in [-0.05, 0) is 44.1 Å². The highest BCUT2D eigenvalue weighted by molar-refractivity contribution is 6.01. The lowest BCUT2D eigenvalue weighted by molar-refractivity contribution is -0.142. The van der Waals surface area contributed by atoms with Crippen LogP contribution < -0.4 is 0 Å². The predicted molar refractivity (Wildman–Crippen MR) is 111 cm³/mol. The number of cyclic esters (lactones) is 1. The molecule has 0 radical (unpaired) electrons. The van der Waals surface area contributed by atoms with Gasteiger partial charge in [0, 0.05) is 0 Å². The third kappa shape index (κ3) is 5.21. The number of aliphatic hydroxyl groups is 1. The van der Waals surface area contributed by atoms with Crippen molar-refractivity contribution in [2.24, 2.45) is 5.92 Å². The first-order chi connectivity index (χ1) is 14.9. The Hall–Kier alpha value is -2.97. The van der Waals surface area contributed by atoms with Gasteiger partial charge in [0.15, 0.2) is 11.9 Å². The summed E-state index contributed by atoms with van der Waals surface area (Å²) in [4.78, 5) is 39.1. The maximum absolute atomic E-state index is 13.1. The first-order valence-electron chi connectivity index (χ1n) is 10.3. The number of rotatable bonds is 8. The molecule has 2 aliphatic rings. The lowest BCUT2D eigenvalue weighted by Gasteiger charge is -2.28. The number of ketones is 1. The minimum Gasteiger partial charge on any atom is -0.482 e. The van der Waals surface area contributed by atoms with Gasteiger partial charge in [0.25, 0.3) is 0 Å². The number of hydrogen-bond donors (Lipinski definition) is 1. The van der Waals surface area contributed by atoms with Crippen LogP contribution in [0.2, 0.25) is 0 Å². The van der Waals surface area contributed by atoms with Crippen LogP contribution in [0.1, 0.15) is 31.9 Å². The highest BCUT2D eigenvalue weighted by Gasteiger charge is 2.47. The largest absolute Gasteiger partial charge is 0.482 e. The van der Waals surface area contributed by atoms with Gasteiger partial charge >= 0.3 is 6.09 Å². The zero-order valence-electron chi connectivity index (χ0n) is 17.6. The van der Waals surface area contributed by atoms with Crippen molar-refractivity contribution >= 4 is 17.8 Å². The van der Waals surface area contributed by atoms with Gasteiger partial charge in [0.05, 0.1) is 31.8 Å². The first-order valence-corrected chi connectivity index (χ1v) is 10.3. The standard InChI is InChI=1S/C23H27NO7/c1-15(20-19(26)11-10-18(30-20)9-6-13-29-14-12-25)22(27)24-16(2)21(31-23(24)28)17-7-4-3-5-8-17/h3-5,7-11,15-16,20-21,25H,6,12-14H2,1-2H3/t15-,16-,20+,21-/m0/s1. The Bertz CT molecular complexity index is 864. The third-order valence-corrected chi connectivity index (χ3v) is 5.28. The second kappa shape index (κ2) is 10.4. The average Bonchev–Trinajstić information content (AvgIpc) is 3.08. The molecule has 166 valence electrons. The summed E-state index contributed by atoms with van der Waals surface area (Å²) in [6, 6.07) is 8.70. The van der Waals surface area contributed by atoms with E-state index >= 15 is 0 Å². The summed E-state index contributed by atoms with van der Waals surface area (Å²) in [5.74, 6) is -1.28. The molecule has 1 aromatic carbocycles. The van der Waals surface area contributed by atoms with Crippen molar-refractivity contribution in [3.63, 3.8) is 0 Å². The zero-order valence-corrected chi connectivity index (χ0v) is 17.6. The third-order valence-electron chi connectivity index (χ3n) is 5.28. The molecule has 8 nitrogen and oxygen atoms in total. The Morgan fingerprint density at radius 3 is 2.65 bits per heavy atom. The van der Waals surface area contributed by atoms with Gasteiger partial charge in [-0.1, -0.05) is 30.3 Å². The van der Waals surface area contributed by atoms with Crippen LogP contribution in [-0.4, -0.2) is 59.8 Å². The number of aliphatic hydroxyl groups excluding tert-OH is 1. The van der Waals surface area contributed by atoms with Gasteiger partial charge in [-0.25, -0.2) is 9.69 Å². The number of nitrogens with zero attached hydrogens (tertiary/aromatic N) is 1. The van der Waals surface area contributed by atoms with E-state index in [4.69, 9.17) is 19.3 Å². The van der Waals surface area contributed by atoms with Gasteiger partial charge < -0.3 is 19.3 Å². The maximum Gasteiger partial charge on any atom is 0.417 e. The van der Waals surface area contributed by atoms with Crippen LogP contribution in [0.3, 0.4) is 0 Å². The summed E-state index contributed by atoms with van der Waals surface area (Å²) < 4.78 is 16.4. The van der Waals surface area contributed by atoms with Crippen molar-refractivity contribution in [3.8, 4) is 0 Å². The van der Waals surface area contributed by atoms with Crippen molar-refractivity contribution in [1.29, 1.82) is 0 Å². The second-order valence-corrected chi connectivity index (χ2v) is 7.46. The summed E-state index contributed by atoms with van der Waals surface area (Å²) in [5.41, 5.74) is 0.799. The Balaban J connectivity index is 1.67. The summed E-state index contributed by atoms with van der Waals surface area (Å²) in [7, 11) is 0. The maximum atomic E-state index is 13.1. The molecule has 0 spiro atoms. The van der Waals surface area contributed by atoms with E-state index in [9.17, 15) is 14.4 Å². The molecule has 2 heterocycles. The van der Waals surface area contributed by atoms with E-state index in [1.165, 1.54) is 6.08 Å². The Kier molecular flexibility index (Phi) is 7.59. The van der Waals surface area contributed by atoms with E-state index in [2.05, 4.69) is 0 Å². The number of carbonyl (C=O) groups is 3. The van der Waals surface area contributed by atoms with E-state index in [-0.39, 0.29) is 19.0 Å². The van der Waals surface area contributed by atoms with E-state index in [0.717, 1.165) is 10.5 Å². The number of carbonyl (C=O) groups excluding carboxylic acids is 3. The topological polar surface area (TPSA) is 102 Å². The van der Waals surface area contributed by atoms with Crippen molar-refractivity contribution in [2.45, 2.75) is 38.5 Å². The normalized spacial score (nSPS) is 25.5. The van der Waals surface area contributed by atoms with Gasteiger partial charge in [-0.15, -0.1) is 0 Å². The number of hydrogen-bond acceptors (Lipinski definition) is 7. The molecule has 1 fully saturated rings. The van der Waals surface area contributed by atoms with Crippen LogP contribution in [-0.2, 0) is 23.8 Å². The van der Waals surface area contributed by atoms with Crippen molar-refractivity contribution in [2.75, 3.05) is 19.8 Å². The number of allylic oxidation sites excluding steroid dienone is 1. The number of benzene rings is 1. The molecule has 0 aromatic heterocycles. The summed E-state index contributed by atoms with van der Waals surface area (Å²) in [5, 5.41) is 8.72. The minimum atomic E-state index is -1.03. The molecule has 4 atom stereocenters. The molecule has 0 bridgehead atoms. The molecule has 0 saturated carbocycles. The first kappa shape index (κ1) is 22.7. The highest BCUT2D eigenvalue weighted by Crippen LogP contribution is 2.34. The summed E-state index contributed by atoms with van der Waals surface area (Å²) in [6.07, 6.45) is 2.87. The number of imide groups is 1. The SMILES string of the molecule is C[C@H](C(=O)N1C(=O)O[C@H](c2ccccc2)[C@@H]1C)[C@H]1OC(=CCCOCCO)C=CC1=O. The highest BCUT2D eigenvalue weighted by atomic mass is 16.6. The molecule has 2 aliphatic heterocycles. The molecule has 0 aliphatic carbocycles. The molecule has 1 saturated heterocycles. The summed E-state index contributed by atoms with van der Waals surface area (Å²) >= 11 is 0. The lowest BCUT2D eigenvalue weighted by atomic mass is 9.95. The fourth-order valence-electron chi connectivity index (χ4n) is 3.61. The monoisotopic (exact) mass is 429 g/mol. The Morgan fingerprint density at radius 2 is 1.94 bits per heavy atom. The van der Waals surface area contributed by atoms with Gasteiger partial charge in [0.1, 0.15) is 11.9 Å². The average molecular weight is 429 g/mol. The van der Waals surface area contributed by atoms with Crippen LogP contribution in [0, 0.1) is 5.92 Å². The quantitative estimate of drug-likeness (QED) is 0.634. The van der Waals surface area contributed by atoms with Crippen molar-refractivity contribution in [1.82, 2.24) is 4.90 Å². The van der Waals surface area contributed by atoms with Gasteiger partial charge in [-0.3, -0.25) is 9.59 Å². The van der Waals surface area contributed by atoms with Crippen LogP contribution in [0.25, 0.3) is 0 Å². The fourth-order valence-corrected chi connectivity index (χ4v) is 3.61. The zero-order chi connectivity index (χ0) is 22.4. The fraction of sp³-hybridized carbons (Fsp3) is 0.435. The van der Waals surface area contributed by atoms with E-state index < -0.39 is 36.2 Å². The predicted octanol–water partition coefficient (Wildman–Crippen LogP) is 2.54. The van der Waals surface area contributed by atoms with Crippen molar-refractivity contribution in [3.05, 3.63) is 59.9 Å².